The molecule has 3 atom stereocenters. The Morgan fingerprint density at radius 1 is 1.17 bits per heavy atom. The van der Waals surface area contributed by atoms with Gasteiger partial charge in [-0.25, -0.2) is 0 Å². The molecule has 4 rings (SSSR count). The van der Waals surface area contributed by atoms with E-state index >= 15 is 0 Å². The van der Waals surface area contributed by atoms with E-state index < -0.39 is 0 Å². The van der Waals surface area contributed by atoms with Crippen LogP contribution in [-0.4, -0.2) is 58.2 Å². The van der Waals surface area contributed by atoms with Gasteiger partial charge in [0.15, 0.2) is 0 Å². The fourth-order valence-electron chi connectivity index (χ4n) is 4.97. The lowest BCUT2D eigenvalue weighted by molar-refractivity contribution is 0.173. The van der Waals surface area contributed by atoms with Crippen molar-refractivity contribution in [3.63, 3.8) is 0 Å². The van der Waals surface area contributed by atoms with Gasteiger partial charge in [-0.05, 0) is 59.1 Å². The molecule has 4 aliphatic rings. The number of rotatable bonds is 4. The van der Waals surface area contributed by atoms with Gasteiger partial charge in [0, 0.05) is 65.5 Å². The lowest BCUT2D eigenvalue weighted by atomic mass is 9.95. The van der Waals surface area contributed by atoms with E-state index in [1.165, 1.54) is 48.7 Å². The van der Waals surface area contributed by atoms with E-state index in [1.807, 2.05) is 11.8 Å². The molecule has 0 amide bonds. The molecule has 4 aliphatic heterocycles. The molecule has 0 radical (unpaired) electrons. The Hall–Kier alpha value is -0.870. The zero-order valence-corrected chi connectivity index (χ0v) is 16.4. The van der Waals surface area contributed by atoms with Crippen molar-refractivity contribution in [1.29, 1.82) is 0 Å². The molecule has 0 spiro atoms. The van der Waals surface area contributed by atoms with E-state index in [-0.39, 0.29) is 0 Å². The van der Waals surface area contributed by atoms with Crippen LogP contribution in [-0.2, 0) is 0 Å². The van der Waals surface area contributed by atoms with Crippen molar-refractivity contribution >= 4 is 11.8 Å². The second kappa shape index (κ2) is 6.45. The Morgan fingerprint density at radius 2 is 1.96 bits per heavy atom. The Kier molecular flexibility index (Phi) is 4.46. The van der Waals surface area contributed by atoms with Crippen LogP contribution in [0.2, 0.25) is 0 Å². The van der Waals surface area contributed by atoms with E-state index in [4.69, 9.17) is 0 Å². The quantitative estimate of drug-likeness (QED) is 0.765. The zero-order valence-electron chi connectivity index (χ0n) is 15.5. The molecule has 4 heterocycles. The van der Waals surface area contributed by atoms with E-state index in [0.717, 1.165) is 11.7 Å². The van der Waals surface area contributed by atoms with Gasteiger partial charge in [0.25, 0.3) is 0 Å². The molecule has 24 heavy (non-hydrogen) atoms. The molecule has 0 aromatic carbocycles. The molecule has 0 aliphatic carbocycles. The first-order chi connectivity index (χ1) is 11.5. The number of hydrogen-bond donors (Lipinski definition) is 0. The molecule has 132 valence electrons. The summed E-state index contributed by atoms with van der Waals surface area (Å²) in [6.45, 7) is 13.1. The predicted molar refractivity (Wildman–Crippen MR) is 104 cm³/mol. The highest BCUT2D eigenvalue weighted by Gasteiger charge is 2.35. The Labute approximate surface area is 151 Å². The minimum Gasteiger partial charge on any atom is -0.369 e. The molecule has 4 heteroatoms. The Morgan fingerprint density at radius 3 is 2.67 bits per heavy atom. The Balaban J connectivity index is 1.55. The van der Waals surface area contributed by atoms with Gasteiger partial charge >= 0.3 is 0 Å². The minimum absolute atomic E-state index is 0.556. The van der Waals surface area contributed by atoms with Crippen molar-refractivity contribution in [2.75, 3.05) is 25.4 Å². The maximum atomic E-state index is 2.66. The second-order valence-electron chi connectivity index (χ2n) is 8.30. The molecule has 2 bridgehead atoms. The fraction of sp³-hybridized carbons (Fsp3) is 0.700. The molecule has 3 nitrogen and oxygen atoms in total. The average Bonchev–Trinajstić information content (AvgIpc) is 3.09. The number of fused-ring (bicyclic) bond motifs is 3. The monoisotopic (exact) mass is 345 g/mol. The number of allylic oxidation sites excluding steroid dienone is 2. The summed E-state index contributed by atoms with van der Waals surface area (Å²) in [6.07, 6.45) is 9.94. The van der Waals surface area contributed by atoms with Gasteiger partial charge in [-0.3, -0.25) is 0 Å². The normalized spacial score (nSPS) is 32.0. The molecule has 0 aromatic rings. The first kappa shape index (κ1) is 16.6. The van der Waals surface area contributed by atoms with Gasteiger partial charge in [0.1, 0.15) is 0 Å². The summed E-state index contributed by atoms with van der Waals surface area (Å²) in [6, 6.07) is 1.79. The zero-order chi connectivity index (χ0) is 16.8. The summed E-state index contributed by atoms with van der Waals surface area (Å²) in [5.74, 6) is 2.05. The van der Waals surface area contributed by atoms with Crippen molar-refractivity contribution in [3.05, 3.63) is 34.7 Å². The van der Waals surface area contributed by atoms with Gasteiger partial charge in [-0.1, -0.05) is 0 Å². The maximum Gasteiger partial charge on any atom is 0.0461 e. The van der Waals surface area contributed by atoms with Crippen LogP contribution in [0.1, 0.15) is 40.5 Å². The summed E-state index contributed by atoms with van der Waals surface area (Å²) in [4.78, 5) is 9.24. The van der Waals surface area contributed by atoms with E-state index in [9.17, 15) is 0 Å². The Bertz CT molecular complexity index is 570. The van der Waals surface area contributed by atoms with Crippen LogP contribution >= 0.6 is 11.8 Å². The molecule has 2 saturated heterocycles. The van der Waals surface area contributed by atoms with Gasteiger partial charge in [-0.2, -0.15) is 0 Å². The summed E-state index contributed by atoms with van der Waals surface area (Å²) >= 11 is 2.02. The molecule has 1 unspecified atom stereocenters. The third kappa shape index (κ3) is 2.92. The van der Waals surface area contributed by atoms with Crippen LogP contribution in [0.4, 0.5) is 0 Å². The predicted octanol–water partition coefficient (Wildman–Crippen LogP) is 3.87. The van der Waals surface area contributed by atoms with Crippen LogP contribution in [0.15, 0.2) is 34.7 Å². The first-order valence-corrected chi connectivity index (χ1v) is 10.6. The topological polar surface area (TPSA) is 9.72 Å². The van der Waals surface area contributed by atoms with Crippen LogP contribution in [0, 0.1) is 5.92 Å². The standard InChI is InChI=1S/C20H31N3S/c1-14(2)23(15(3)4)19-13-24-20-12-22(8-6-18(19)20)17-9-16-5-7-21(10-16)11-17/h6,8,12,14-17H,5,7,9-11,13H2,1-4H3/t16-,17-/m1/s1. The van der Waals surface area contributed by atoms with Gasteiger partial charge in [0.2, 0.25) is 0 Å². The van der Waals surface area contributed by atoms with Crippen molar-refractivity contribution in [2.24, 2.45) is 5.92 Å². The highest BCUT2D eigenvalue weighted by atomic mass is 32.2. The average molecular weight is 346 g/mol. The maximum absolute atomic E-state index is 2.66. The molecule has 0 aromatic heterocycles. The lowest BCUT2D eigenvalue weighted by Crippen LogP contribution is -2.43. The van der Waals surface area contributed by atoms with Crippen LogP contribution in [0.5, 0.6) is 0 Å². The molecular weight excluding hydrogens is 314 g/mol. The second-order valence-corrected chi connectivity index (χ2v) is 9.32. The first-order valence-electron chi connectivity index (χ1n) is 9.57. The number of nitrogens with zero attached hydrogens (tertiary/aromatic N) is 3. The minimum atomic E-state index is 0.556. The molecule has 0 N–H and O–H groups in total. The summed E-state index contributed by atoms with van der Waals surface area (Å²) in [5.41, 5.74) is 3.00. The van der Waals surface area contributed by atoms with Crippen LogP contribution in [0.3, 0.4) is 0 Å². The van der Waals surface area contributed by atoms with Gasteiger partial charge < -0.3 is 14.7 Å². The van der Waals surface area contributed by atoms with E-state index in [0.29, 0.717) is 18.1 Å². The molecular formula is C20H31N3S. The number of hydrogen-bond acceptors (Lipinski definition) is 4. The van der Waals surface area contributed by atoms with Crippen LogP contribution in [0.25, 0.3) is 0 Å². The molecule has 2 fully saturated rings. The third-order valence-electron chi connectivity index (χ3n) is 5.91. The van der Waals surface area contributed by atoms with E-state index in [1.54, 1.807) is 0 Å². The fourth-order valence-corrected chi connectivity index (χ4v) is 6.11. The van der Waals surface area contributed by atoms with Crippen molar-refractivity contribution < 1.29 is 0 Å². The number of thioether (sulfide) groups is 1. The van der Waals surface area contributed by atoms with Crippen molar-refractivity contribution in [3.8, 4) is 0 Å². The smallest absolute Gasteiger partial charge is 0.0461 e. The molecule has 0 saturated carbocycles. The SMILES string of the molecule is CC(C)N(C1=C2C=CN([C@@H]3C[C@H]4CCN(C4)C3)C=C2SC1)C(C)C. The largest absolute Gasteiger partial charge is 0.369 e. The summed E-state index contributed by atoms with van der Waals surface area (Å²) < 4.78 is 0. The number of piperidine rings is 1. The van der Waals surface area contributed by atoms with Crippen molar-refractivity contribution in [1.82, 2.24) is 14.7 Å². The third-order valence-corrected chi connectivity index (χ3v) is 6.96. The highest BCUT2D eigenvalue weighted by Crippen LogP contribution is 2.42. The lowest BCUT2D eigenvalue weighted by Gasteiger charge is -2.38. The van der Waals surface area contributed by atoms with E-state index in [2.05, 4.69) is 60.9 Å². The van der Waals surface area contributed by atoms with Gasteiger partial charge in [0.05, 0.1) is 0 Å². The summed E-state index contributed by atoms with van der Waals surface area (Å²) in [5, 5.41) is 0. The highest BCUT2D eigenvalue weighted by molar-refractivity contribution is 8.03. The van der Waals surface area contributed by atoms with Crippen LogP contribution < -0.4 is 0 Å². The summed E-state index contributed by atoms with van der Waals surface area (Å²) in [7, 11) is 0. The van der Waals surface area contributed by atoms with Gasteiger partial charge in [-0.15, -0.1) is 11.8 Å². The van der Waals surface area contributed by atoms with Crippen molar-refractivity contribution in [2.45, 2.75) is 58.7 Å².